The highest BCUT2D eigenvalue weighted by Crippen LogP contribution is 2.67. The van der Waals surface area contributed by atoms with E-state index >= 15 is 0 Å². The number of hydrogen-bond donors (Lipinski definition) is 1. The molecular formula is C10H12N2O. The minimum absolute atomic E-state index is 0.117. The van der Waals surface area contributed by atoms with Gasteiger partial charge in [0.05, 0.1) is 11.8 Å². The zero-order valence-corrected chi connectivity index (χ0v) is 8.00. The van der Waals surface area contributed by atoms with E-state index in [1.165, 1.54) is 0 Å². The Labute approximate surface area is 77.4 Å². The van der Waals surface area contributed by atoms with Gasteiger partial charge in [-0.3, -0.25) is 0 Å². The van der Waals surface area contributed by atoms with Crippen LogP contribution in [0.3, 0.4) is 0 Å². The maximum absolute atomic E-state index is 8.93. The second kappa shape index (κ2) is 2.14. The van der Waals surface area contributed by atoms with Gasteiger partial charge in [-0.2, -0.15) is 5.26 Å². The van der Waals surface area contributed by atoms with Gasteiger partial charge < -0.3 is 5.21 Å². The van der Waals surface area contributed by atoms with Gasteiger partial charge in [0.2, 0.25) is 0 Å². The van der Waals surface area contributed by atoms with Gasteiger partial charge >= 0.3 is 0 Å². The number of allylic oxidation sites excluding steroid dienone is 2. The summed E-state index contributed by atoms with van der Waals surface area (Å²) in [5.41, 5.74) is 2.51. The summed E-state index contributed by atoms with van der Waals surface area (Å²) in [5, 5.41) is 21.1. The number of nitrogens with zero attached hydrogens (tertiary/aromatic N) is 2. The van der Waals surface area contributed by atoms with Gasteiger partial charge in [-0.15, -0.1) is 0 Å². The Morgan fingerprint density at radius 1 is 1.46 bits per heavy atom. The van der Waals surface area contributed by atoms with Gasteiger partial charge in [0.25, 0.3) is 0 Å². The van der Waals surface area contributed by atoms with Crippen LogP contribution in [-0.2, 0) is 0 Å². The smallest absolute Gasteiger partial charge is 0.0954 e. The molecule has 2 aliphatic carbocycles. The second-order valence-corrected chi connectivity index (χ2v) is 4.41. The number of rotatable bonds is 0. The van der Waals surface area contributed by atoms with E-state index in [1.807, 2.05) is 6.92 Å². The molecule has 1 saturated carbocycles. The second-order valence-electron chi connectivity index (χ2n) is 4.41. The predicted molar refractivity (Wildman–Crippen MR) is 48.3 cm³/mol. The van der Waals surface area contributed by atoms with Gasteiger partial charge in [-0.1, -0.05) is 19.0 Å². The molecule has 0 aromatic heterocycles. The Bertz CT molecular complexity index is 371. The molecule has 0 bridgehead atoms. The zero-order valence-electron chi connectivity index (χ0n) is 8.00. The van der Waals surface area contributed by atoms with Crippen molar-refractivity contribution in [2.75, 3.05) is 0 Å². The summed E-state index contributed by atoms with van der Waals surface area (Å²) in [6, 6.07) is 2.21. The maximum atomic E-state index is 8.93. The Hall–Kier alpha value is -1.30. The molecule has 0 unspecified atom stereocenters. The van der Waals surface area contributed by atoms with Crippen LogP contribution in [0, 0.1) is 28.6 Å². The molecule has 68 valence electrons. The number of hydrogen-bond acceptors (Lipinski definition) is 3. The first-order valence-corrected chi connectivity index (χ1v) is 4.39. The Morgan fingerprint density at radius 3 is 2.38 bits per heavy atom. The monoisotopic (exact) mass is 176 g/mol. The molecule has 2 rings (SSSR count). The molecule has 2 aliphatic rings. The lowest BCUT2D eigenvalue weighted by molar-refractivity contribution is 0.316. The van der Waals surface area contributed by atoms with E-state index in [-0.39, 0.29) is 11.3 Å². The molecule has 3 heteroatoms. The molecular weight excluding hydrogens is 164 g/mol. The minimum atomic E-state index is 0.117. The van der Waals surface area contributed by atoms with Crippen LogP contribution in [0.5, 0.6) is 0 Å². The molecule has 0 aromatic carbocycles. The summed E-state index contributed by atoms with van der Waals surface area (Å²) in [6.45, 7) is 6.07. The Morgan fingerprint density at radius 2 is 2.08 bits per heavy atom. The van der Waals surface area contributed by atoms with Crippen molar-refractivity contribution < 1.29 is 5.21 Å². The molecule has 2 atom stereocenters. The third-order valence-corrected chi connectivity index (χ3v) is 3.45. The summed E-state index contributed by atoms with van der Waals surface area (Å²) in [7, 11) is 0. The molecule has 0 saturated heterocycles. The molecule has 0 aliphatic heterocycles. The Balaban J connectivity index is 2.51. The fraction of sp³-hybridized carbons (Fsp3) is 0.600. The molecule has 0 heterocycles. The number of oxime groups is 1. The van der Waals surface area contributed by atoms with E-state index in [2.05, 4.69) is 25.1 Å². The van der Waals surface area contributed by atoms with Crippen LogP contribution in [0.15, 0.2) is 16.3 Å². The van der Waals surface area contributed by atoms with Crippen molar-refractivity contribution in [3.05, 3.63) is 11.1 Å². The fourth-order valence-corrected chi connectivity index (χ4v) is 2.58. The van der Waals surface area contributed by atoms with Crippen LogP contribution in [-0.4, -0.2) is 10.9 Å². The lowest BCUT2D eigenvalue weighted by atomic mass is 9.95. The Kier molecular flexibility index (Phi) is 1.37. The fourth-order valence-electron chi connectivity index (χ4n) is 2.58. The minimum Gasteiger partial charge on any atom is -0.411 e. The van der Waals surface area contributed by atoms with Gasteiger partial charge in [0.15, 0.2) is 0 Å². The summed E-state index contributed by atoms with van der Waals surface area (Å²) in [6.07, 6.45) is 0. The first-order chi connectivity index (χ1) is 6.05. The molecule has 0 amide bonds. The normalized spacial score (nSPS) is 37.5. The highest BCUT2D eigenvalue weighted by molar-refractivity contribution is 6.08. The average molecular weight is 176 g/mol. The van der Waals surface area contributed by atoms with Crippen molar-refractivity contribution in [3.63, 3.8) is 0 Å². The largest absolute Gasteiger partial charge is 0.411 e. The average Bonchev–Trinajstić information content (AvgIpc) is 2.52. The van der Waals surface area contributed by atoms with Gasteiger partial charge in [0.1, 0.15) is 0 Å². The van der Waals surface area contributed by atoms with E-state index < -0.39 is 0 Å². The van der Waals surface area contributed by atoms with Crippen molar-refractivity contribution >= 4 is 5.71 Å². The molecule has 0 aromatic rings. The van der Waals surface area contributed by atoms with E-state index in [0.29, 0.717) is 11.6 Å². The van der Waals surface area contributed by atoms with Gasteiger partial charge in [-0.05, 0) is 17.9 Å². The summed E-state index contributed by atoms with van der Waals surface area (Å²) in [4.78, 5) is 0. The quantitative estimate of drug-likeness (QED) is 0.453. The highest BCUT2D eigenvalue weighted by Gasteiger charge is 2.66. The van der Waals surface area contributed by atoms with Crippen LogP contribution >= 0.6 is 0 Å². The first-order valence-electron chi connectivity index (χ1n) is 4.39. The van der Waals surface area contributed by atoms with Crippen LogP contribution in [0.25, 0.3) is 0 Å². The van der Waals surface area contributed by atoms with Crippen LogP contribution in [0.4, 0.5) is 0 Å². The van der Waals surface area contributed by atoms with Crippen LogP contribution in [0.2, 0.25) is 0 Å². The van der Waals surface area contributed by atoms with Crippen LogP contribution in [0.1, 0.15) is 20.8 Å². The number of fused-ring (bicyclic) bond motifs is 1. The van der Waals surface area contributed by atoms with E-state index in [4.69, 9.17) is 10.5 Å². The summed E-state index contributed by atoms with van der Waals surface area (Å²) < 4.78 is 0. The summed E-state index contributed by atoms with van der Waals surface area (Å²) >= 11 is 0. The topological polar surface area (TPSA) is 56.4 Å². The van der Waals surface area contributed by atoms with Crippen LogP contribution < -0.4 is 0 Å². The standard InChI is InChI=1S/C10H12N2O/c1-5-6(4-11)7-8(9(5)12-13)10(7,2)3/h7-8,13H,1-3H3/t7-,8+/m0/s1. The lowest BCUT2D eigenvalue weighted by Crippen LogP contribution is -2.08. The maximum Gasteiger partial charge on any atom is 0.0954 e. The van der Waals surface area contributed by atoms with Crippen molar-refractivity contribution in [1.29, 1.82) is 5.26 Å². The third kappa shape index (κ3) is 0.757. The first kappa shape index (κ1) is 8.31. The SMILES string of the molecule is CC1=C(C#N)[C@H]2[C@H](C1=NO)C2(C)C. The molecule has 1 fully saturated rings. The summed E-state index contributed by atoms with van der Waals surface area (Å²) in [5.74, 6) is 0.565. The molecule has 0 radical (unpaired) electrons. The lowest BCUT2D eigenvalue weighted by Gasteiger charge is -2.09. The van der Waals surface area contributed by atoms with Crippen molar-refractivity contribution in [2.45, 2.75) is 20.8 Å². The highest BCUT2D eigenvalue weighted by atomic mass is 16.4. The molecule has 13 heavy (non-hydrogen) atoms. The van der Waals surface area contributed by atoms with Crippen molar-refractivity contribution in [1.82, 2.24) is 0 Å². The van der Waals surface area contributed by atoms with E-state index in [9.17, 15) is 0 Å². The number of nitriles is 1. The zero-order chi connectivity index (χ0) is 9.80. The molecule has 1 N–H and O–H groups in total. The van der Waals surface area contributed by atoms with Crippen molar-refractivity contribution in [2.24, 2.45) is 22.4 Å². The van der Waals surface area contributed by atoms with Gasteiger partial charge in [-0.25, -0.2) is 0 Å². The molecule has 0 spiro atoms. The predicted octanol–water partition coefficient (Wildman–Crippen LogP) is 1.94. The van der Waals surface area contributed by atoms with Gasteiger partial charge in [0, 0.05) is 17.4 Å². The van der Waals surface area contributed by atoms with E-state index in [1.54, 1.807) is 0 Å². The van der Waals surface area contributed by atoms with E-state index in [0.717, 1.165) is 11.1 Å². The van der Waals surface area contributed by atoms with Crippen molar-refractivity contribution in [3.8, 4) is 6.07 Å². The third-order valence-electron chi connectivity index (χ3n) is 3.45. The molecule has 3 nitrogen and oxygen atoms in total.